The van der Waals surface area contributed by atoms with Gasteiger partial charge in [0.25, 0.3) is 0 Å². The second kappa shape index (κ2) is 4.44. The summed E-state index contributed by atoms with van der Waals surface area (Å²) < 4.78 is 0. The van der Waals surface area contributed by atoms with Crippen molar-refractivity contribution < 1.29 is 9.59 Å². The maximum atomic E-state index is 11.6. The molecule has 2 aliphatic heterocycles. The molecule has 0 spiro atoms. The van der Waals surface area contributed by atoms with Gasteiger partial charge in [0.15, 0.2) is 0 Å². The first-order valence-electron chi connectivity index (χ1n) is 6.21. The zero-order valence-corrected chi connectivity index (χ0v) is 10.1. The summed E-state index contributed by atoms with van der Waals surface area (Å²) in [5.41, 5.74) is 0. The summed E-state index contributed by atoms with van der Waals surface area (Å²) in [5, 5.41) is 0. The Hall–Kier alpha value is -1.06. The number of likely N-dealkylation sites (tertiary alicyclic amines) is 2. The van der Waals surface area contributed by atoms with E-state index in [1.54, 1.807) is 0 Å². The normalized spacial score (nSPS) is 28.4. The van der Waals surface area contributed by atoms with Crippen LogP contribution in [0.4, 0.5) is 0 Å². The SMILES string of the molecule is CCC(=O)N1CC2CN(C(=O)CC)CC2C1. The first-order valence-corrected chi connectivity index (χ1v) is 6.21. The second-order valence-corrected chi connectivity index (χ2v) is 4.82. The molecule has 2 rings (SSSR count). The van der Waals surface area contributed by atoms with E-state index in [1.165, 1.54) is 0 Å². The second-order valence-electron chi connectivity index (χ2n) is 4.82. The maximum absolute atomic E-state index is 11.6. The Balaban J connectivity index is 1.91. The Morgan fingerprint density at radius 1 is 0.875 bits per heavy atom. The number of fused-ring (bicyclic) bond motifs is 1. The van der Waals surface area contributed by atoms with Crippen LogP contribution in [0.3, 0.4) is 0 Å². The van der Waals surface area contributed by atoms with E-state index in [2.05, 4.69) is 0 Å². The van der Waals surface area contributed by atoms with E-state index in [-0.39, 0.29) is 11.8 Å². The quantitative estimate of drug-likeness (QED) is 0.693. The highest BCUT2D eigenvalue weighted by atomic mass is 16.2. The van der Waals surface area contributed by atoms with E-state index in [9.17, 15) is 9.59 Å². The Bertz CT molecular complexity index is 261. The molecule has 0 aromatic heterocycles. The molecule has 0 unspecified atom stereocenters. The van der Waals surface area contributed by atoms with Crippen molar-refractivity contribution in [1.29, 1.82) is 0 Å². The molecule has 0 bridgehead atoms. The van der Waals surface area contributed by atoms with Gasteiger partial charge in [-0.2, -0.15) is 0 Å². The Kier molecular flexibility index (Phi) is 3.17. The topological polar surface area (TPSA) is 40.6 Å². The first-order chi connectivity index (χ1) is 7.65. The van der Waals surface area contributed by atoms with Crippen LogP contribution in [-0.2, 0) is 9.59 Å². The van der Waals surface area contributed by atoms with Gasteiger partial charge in [0.1, 0.15) is 0 Å². The molecular weight excluding hydrogens is 204 g/mol. The van der Waals surface area contributed by atoms with Gasteiger partial charge >= 0.3 is 0 Å². The van der Waals surface area contributed by atoms with Crippen LogP contribution in [0, 0.1) is 11.8 Å². The molecule has 0 N–H and O–H groups in total. The van der Waals surface area contributed by atoms with Gasteiger partial charge in [-0.25, -0.2) is 0 Å². The number of carbonyl (C=O) groups is 2. The standard InChI is InChI=1S/C12H20N2O2/c1-3-11(15)13-5-9-7-14(12(16)4-2)8-10(9)6-13/h9-10H,3-8H2,1-2H3. The minimum Gasteiger partial charge on any atom is -0.342 e. The van der Waals surface area contributed by atoms with Gasteiger partial charge in [-0.3, -0.25) is 9.59 Å². The van der Waals surface area contributed by atoms with Gasteiger partial charge in [0.05, 0.1) is 0 Å². The minimum atomic E-state index is 0.253. The molecule has 0 atom stereocenters. The molecule has 2 fully saturated rings. The zero-order chi connectivity index (χ0) is 11.7. The van der Waals surface area contributed by atoms with E-state index in [1.807, 2.05) is 23.6 Å². The van der Waals surface area contributed by atoms with Crippen LogP contribution in [0.1, 0.15) is 26.7 Å². The number of rotatable bonds is 2. The van der Waals surface area contributed by atoms with E-state index in [0.717, 1.165) is 26.2 Å². The van der Waals surface area contributed by atoms with Gasteiger partial charge in [0.2, 0.25) is 11.8 Å². The average molecular weight is 224 g/mol. The van der Waals surface area contributed by atoms with Crippen molar-refractivity contribution in [2.24, 2.45) is 11.8 Å². The molecular formula is C12H20N2O2. The monoisotopic (exact) mass is 224 g/mol. The predicted octanol–water partition coefficient (Wildman–Crippen LogP) is 0.723. The van der Waals surface area contributed by atoms with Gasteiger partial charge in [-0.1, -0.05) is 13.8 Å². The number of hydrogen-bond acceptors (Lipinski definition) is 2. The van der Waals surface area contributed by atoms with Crippen LogP contribution < -0.4 is 0 Å². The van der Waals surface area contributed by atoms with E-state index >= 15 is 0 Å². The first kappa shape index (κ1) is 11.4. The molecule has 4 heteroatoms. The lowest BCUT2D eigenvalue weighted by Gasteiger charge is -2.21. The fourth-order valence-corrected chi connectivity index (χ4v) is 2.85. The molecule has 0 radical (unpaired) electrons. The largest absolute Gasteiger partial charge is 0.342 e. The summed E-state index contributed by atoms with van der Waals surface area (Å²) in [4.78, 5) is 27.0. The predicted molar refractivity (Wildman–Crippen MR) is 60.7 cm³/mol. The summed E-state index contributed by atoms with van der Waals surface area (Å²) in [6.45, 7) is 7.22. The van der Waals surface area contributed by atoms with Crippen molar-refractivity contribution >= 4 is 11.8 Å². The molecule has 4 nitrogen and oxygen atoms in total. The fourth-order valence-electron chi connectivity index (χ4n) is 2.85. The third-order valence-corrected chi connectivity index (χ3v) is 3.80. The number of carbonyl (C=O) groups excluding carboxylic acids is 2. The molecule has 0 saturated carbocycles. The van der Waals surface area contributed by atoms with E-state index in [0.29, 0.717) is 24.7 Å². The molecule has 0 aromatic rings. The van der Waals surface area contributed by atoms with Crippen molar-refractivity contribution in [3.63, 3.8) is 0 Å². The van der Waals surface area contributed by atoms with Crippen LogP contribution in [0.5, 0.6) is 0 Å². The highest BCUT2D eigenvalue weighted by Crippen LogP contribution is 2.31. The van der Waals surface area contributed by atoms with E-state index < -0.39 is 0 Å². The lowest BCUT2D eigenvalue weighted by molar-refractivity contribution is -0.131. The lowest BCUT2D eigenvalue weighted by atomic mass is 10.0. The number of nitrogens with zero attached hydrogens (tertiary/aromatic N) is 2. The molecule has 2 saturated heterocycles. The molecule has 2 heterocycles. The van der Waals surface area contributed by atoms with Crippen molar-refractivity contribution in [3.8, 4) is 0 Å². The third kappa shape index (κ3) is 1.93. The average Bonchev–Trinajstić information content (AvgIpc) is 2.84. The smallest absolute Gasteiger partial charge is 0.222 e. The Labute approximate surface area is 96.6 Å². The Morgan fingerprint density at radius 2 is 1.19 bits per heavy atom. The highest BCUT2D eigenvalue weighted by molar-refractivity contribution is 5.77. The summed E-state index contributed by atoms with van der Waals surface area (Å²) in [6.07, 6.45) is 1.19. The van der Waals surface area contributed by atoms with Crippen LogP contribution in [-0.4, -0.2) is 47.8 Å². The molecule has 0 aromatic carbocycles. The lowest BCUT2D eigenvalue weighted by Crippen LogP contribution is -2.35. The van der Waals surface area contributed by atoms with E-state index in [4.69, 9.17) is 0 Å². The highest BCUT2D eigenvalue weighted by Gasteiger charge is 2.42. The summed E-state index contributed by atoms with van der Waals surface area (Å²) in [7, 11) is 0. The molecule has 90 valence electrons. The summed E-state index contributed by atoms with van der Waals surface area (Å²) in [5.74, 6) is 1.54. The van der Waals surface area contributed by atoms with Crippen LogP contribution in [0.15, 0.2) is 0 Å². The van der Waals surface area contributed by atoms with Gasteiger partial charge in [0, 0.05) is 50.9 Å². The maximum Gasteiger partial charge on any atom is 0.222 e. The summed E-state index contributed by atoms with van der Waals surface area (Å²) >= 11 is 0. The van der Waals surface area contributed by atoms with Gasteiger partial charge < -0.3 is 9.80 Å². The molecule has 2 amide bonds. The zero-order valence-electron chi connectivity index (χ0n) is 10.1. The molecule has 16 heavy (non-hydrogen) atoms. The number of hydrogen-bond donors (Lipinski definition) is 0. The van der Waals surface area contributed by atoms with Crippen molar-refractivity contribution in [1.82, 2.24) is 9.80 Å². The van der Waals surface area contributed by atoms with Gasteiger partial charge in [-0.05, 0) is 0 Å². The Morgan fingerprint density at radius 3 is 1.44 bits per heavy atom. The fraction of sp³-hybridized carbons (Fsp3) is 0.833. The van der Waals surface area contributed by atoms with Crippen LogP contribution in [0.25, 0.3) is 0 Å². The van der Waals surface area contributed by atoms with Crippen LogP contribution >= 0.6 is 0 Å². The van der Waals surface area contributed by atoms with Crippen molar-refractivity contribution in [2.75, 3.05) is 26.2 Å². The van der Waals surface area contributed by atoms with Crippen molar-refractivity contribution in [3.05, 3.63) is 0 Å². The third-order valence-electron chi connectivity index (χ3n) is 3.80. The molecule has 2 aliphatic rings. The van der Waals surface area contributed by atoms with Crippen LogP contribution in [0.2, 0.25) is 0 Å². The minimum absolute atomic E-state index is 0.253. The number of amides is 2. The van der Waals surface area contributed by atoms with Gasteiger partial charge in [-0.15, -0.1) is 0 Å². The summed E-state index contributed by atoms with van der Waals surface area (Å²) in [6, 6.07) is 0. The van der Waals surface area contributed by atoms with Crippen molar-refractivity contribution in [2.45, 2.75) is 26.7 Å². The molecule has 0 aliphatic carbocycles.